The summed E-state index contributed by atoms with van der Waals surface area (Å²) in [6.45, 7) is 4.58. The summed E-state index contributed by atoms with van der Waals surface area (Å²) in [5, 5.41) is 0. The van der Waals surface area contributed by atoms with Gasteiger partial charge >= 0.3 is 5.97 Å². The quantitative estimate of drug-likeness (QED) is 0.330. The average molecular weight is 132 g/mol. The normalized spacial score (nSPS) is 22.0. The molecule has 1 fully saturated rings. The standard InChI is InChI=1S/C6H12O3/c1-3-4-5-7-6(2)8-9-6/h3-5H2,1-2H3. The Balaban J connectivity index is 1.92. The van der Waals surface area contributed by atoms with Gasteiger partial charge < -0.3 is 4.74 Å². The minimum absolute atomic E-state index is 0.699. The fourth-order valence-corrected chi connectivity index (χ4v) is 0.509. The Kier molecular flexibility index (Phi) is 2.05. The third kappa shape index (κ3) is 2.30. The Bertz CT molecular complexity index is 88.3. The molecule has 0 radical (unpaired) electrons. The molecule has 1 heterocycles. The number of unbranched alkanes of at least 4 members (excludes halogenated alkanes) is 1. The van der Waals surface area contributed by atoms with Gasteiger partial charge in [0.15, 0.2) is 0 Å². The second-order valence-electron chi connectivity index (χ2n) is 2.23. The lowest BCUT2D eigenvalue weighted by Gasteiger charge is -2.00. The van der Waals surface area contributed by atoms with E-state index < -0.39 is 5.97 Å². The molecular formula is C6H12O3. The zero-order chi connectivity index (χ0) is 6.74. The van der Waals surface area contributed by atoms with Crippen molar-refractivity contribution in [3.8, 4) is 0 Å². The van der Waals surface area contributed by atoms with Gasteiger partial charge in [0.25, 0.3) is 0 Å². The van der Waals surface area contributed by atoms with Crippen molar-refractivity contribution in [2.75, 3.05) is 6.61 Å². The van der Waals surface area contributed by atoms with Crippen molar-refractivity contribution in [3.05, 3.63) is 0 Å². The average Bonchev–Trinajstić information content (AvgIpc) is 2.50. The van der Waals surface area contributed by atoms with Gasteiger partial charge in [0.1, 0.15) is 0 Å². The molecule has 0 aromatic rings. The van der Waals surface area contributed by atoms with Crippen LogP contribution in [0.5, 0.6) is 0 Å². The molecule has 1 rings (SSSR count). The van der Waals surface area contributed by atoms with Crippen molar-refractivity contribution in [2.45, 2.75) is 32.7 Å². The van der Waals surface area contributed by atoms with Gasteiger partial charge in [0, 0.05) is 6.92 Å². The molecule has 3 heteroatoms. The van der Waals surface area contributed by atoms with Gasteiger partial charge in [-0.05, 0) is 6.42 Å². The first-order valence-electron chi connectivity index (χ1n) is 3.27. The van der Waals surface area contributed by atoms with Crippen LogP contribution in [0.4, 0.5) is 0 Å². The zero-order valence-electron chi connectivity index (χ0n) is 5.85. The predicted molar refractivity (Wildman–Crippen MR) is 31.4 cm³/mol. The lowest BCUT2D eigenvalue weighted by Crippen LogP contribution is -2.10. The van der Waals surface area contributed by atoms with E-state index in [9.17, 15) is 0 Å². The lowest BCUT2D eigenvalue weighted by molar-refractivity contribution is -0.0406. The molecule has 1 aliphatic heterocycles. The summed E-state index contributed by atoms with van der Waals surface area (Å²) in [6.07, 6.45) is 2.19. The number of ether oxygens (including phenoxy) is 1. The monoisotopic (exact) mass is 132 g/mol. The summed E-state index contributed by atoms with van der Waals surface area (Å²) in [6, 6.07) is 0. The maximum atomic E-state index is 5.14. The summed E-state index contributed by atoms with van der Waals surface area (Å²) >= 11 is 0. The maximum Gasteiger partial charge on any atom is 0.337 e. The second kappa shape index (κ2) is 2.64. The Morgan fingerprint density at radius 2 is 2.11 bits per heavy atom. The van der Waals surface area contributed by atoms with E-state index >= 15 is 0 Å². The molecule has 0 amide bonds. The summed E-state index contributed by atoms with van der Waals surface area (Å²) in [4.78, 5) is 9.04. The van der Waals surface area contributed by atoms with Crippen LogP contribution in [0, 0.1) is 0 Å². The summed E-state index contributed by atoms with van der Waals surface area (Å²) in [5.41, 5.74) is 0. The molecular weight excluding hydrogens is 120 g/mol. The van der Waals surface area contributed by atoms with Crippen LogP contribution in [0.15, 0.2) is 0 Å². The minimum atomic E-state index is -0.699. The highest BCUT2D eigenvalue weighted by Gasteiger charge is 2.44. The fourth-order valence-electron chi connectivity index (χ4n) is 0.509. The fraction of sp³-hybridized carbons (Fsp3) is 1.00. The van der Waals surface area contributed by atoms with Gasteiger partial charge in [-0.1, -0.05) is 13.3 Å². The van der Waals surface area contributed by atoms with Crippen LogP contribution in [0.3, 0.4) is 0 Å². The highest BCUT2D eigenvalue weighted by molar-refractivity contribution is 4.49. The SMILES string of the molecule is CCCCOC1(C)OO1. The van der Waals surface area contributed by atoms with Gasteiger partial charge in [-0.2, -0.15) is 9.78 Å². The largest absolute Gasteiger partial charge is 0.337 e. The van der Waals surface area contributed by atoms with Crippen molar-refractivity contribution < 1.29 is 14.5 Å². The molecule has 54 valence electrons. The number of hydrogen-bond acceptors (Lipinski definition) is 3. The Labute approximate surface area is 54.8 Å². The molecule has 1 aliphatic rings. The molecule has 3 nitrogen and oxygen atoms in total. The van der Waals surface area contributed by atoms with Crippen LogP contribution in [0.1, 0.15) is 26.7 Å². The van der Waals surface area contributed by atoms with E-state index in [-0.39, 0.29) is 0 Å². The third-order valence-electron chi connectivity index (χ3n) is 1.18. The van der Waals surface area contributed by atoms with Gasteiger partial charge in [0.05, 0.1) is 6.61 Å². The van der Waals surface area contributed by atoms with Crippen molar-refractivity contribution >= 4 is 0 Å². The summed E-state index contributed by atoms with van der Waals surface area (Å²) in [7, 11) is 0. The second-order valence-corrected chi connectivity index (χ2v) is 2.23. The van der Waals surface area contributed by atoms with Crippen molar-refractivity contribution in [2.24, 2.45) is 0 Å². The van der Waals surface area contributed by atoms with E-state index in [0.717, 1.165) is 12.8 Å². The van der Waals surface area contributed by atoms with Crippen LogP contribution < -0.4 is 0 Å². The van der Waals surface area contributed by atoms with E-state index in [1.54, 1.807) is 6.92 Å². The molecule has 0 N–H and O–H groups in total. The van der Waals surface area contributed by atoms with E-state index in [1.165, 1.54) is 0 Å². The van der Waals surface area contributed by atoms with E-state index in [1.807, 2.05) is 0 Å². The van der Waals surface area contributed by atoms with Gasteiger partial charge in [0.2, 0.25) is 0 Å². The van der Waals surface area contributed by atoms with Crippen LogP contribution in [-0.4, -0.2) is 12.6 Å². The van der Waals surface area contributed by atoms with Crippen LogP contribution >= 0.6 is 0 Å². The van der Waals surface area contributed by atoms with Gasteiger partial charge in [-0.15, -0.1) is 0 Å². The molecule has 9 heavy (non-hydrogen) atoms. The summed E-state index contributed by atoms with van der Waals surface area (Å²) < 4.78 is 5.14. The molecule has 0 aromatic carbocycles. The first kappa shape index (κ1) is 6.99. The maximum absolute atomic E-state index is 5.14. The third-order valence-corrected chi connectivity index (χ3v) is 1.18. The first-order chi connectivity index (χ1) is 4.27. The number of hydrogen-bond donors (Lipinski definition) is 0. The Morgan fingerprint density at radius 3 is 2.56 bits per heavy atom. The van der Waals surface area contributed by atoms with Crippen LogP contribution in [0.2, 0.25) is 0 Å². The van der Waals surface area contributed by atoms with E-state index in [4.69, 9.17) is 4.74 Å². The summed E-state index contributed by atoms with van der Waals surface area (Å²) in [5.74, 6) is -0.699. The van der Waals surface area contributed by atoms with Crippen molar-refractivity contribution in [1.82, 2.24) is 0 Å². The molecule has 0 atom stereocenters. The van der Waals surface area contributed by atoms with Crippen LogP contribution in [-0.2, 0) is 14.5 Å². The Hall–Kier alpha value is -0.120. The molecule has 1 saturated heterocycles. The van der Waals surface area contributed by atoms with Gasteiger partial charge in [-0.3, -0.25) is 0 Å². The van der Waals surface area contributed by atoms with E-state index in [0.29, 0.717) is 6.61 Å². The zero-order valence-corrected chi connectivity index (χ0v) is 5.85. The molecule has 0 bridgehead atoms. The minimum Gasteiger partial charge on any atom is -0.324 e. The molecule has 0 spiro atoms. The first-order valence-corrected chi connectivity index (χ1v) is 3.27. The van der Waals surface area contributed by atoms with Crippen molar-refractivity contribution in [3.63, 3.8) is 0 Å². The highest BCUT2D eigenvalue weighted by atomic mass is 17.4. The van der Waals surface area contributed by atoms with Gasteiger partial charge in [-0.25, -0.2) is 0 Å². The van der Waals surface area contributed by atoms with Crippen molar-refractivity contribution in [1.29, 1.82) is 0 Å². The van der Waals surface area contributed by atoms with Crippen LogP contribution in [0.25, 0.3) is 0 Å². The van der Waals surface area contributed by atoms with E-state index in [2.05, 4.69) is 16.7 Å². The molecule has 0 saturated carbocycles. The molecule has 0 aromatic heterocycles. The predicted octanol–water partition coefficient (Wildman–Crippen LogP) is 1.44. The smallest absolute Gasteiger partial charge is 0.324 e. The number of rotatable bonds is 4. The molecule has 0 unspecified atom stereocenters. The lowest BCUT2D eigenvalue weighted by atomic mass is 10.4. The Morgan fingerprint density at radius 1 is 1.44 bits per heavy atom. The highest BCUT2D eigenvalue weighted by Crippen LogP contribution is 2.29. The topological polar surface area (TPSA) is 34.3 Å². The molecule has 0 aliphatic carbocycles.